The van der Waals surface area contributed by atoms with Gasteiger partial charge in [-0.15, -0.1) is 5.54 Å². The summed E-state index contributed by atoms with van der Waals surface area (Å²) >= 11 is 0. The number of halogens is 2. The molecule has 4 aromatic rings. The number of fused-ring (bicyclic) bond motifs is 3. The van der Waals surface area contributed by atoms with Crippen molar-refractivity contribution in [2.45, 2.75) is 109 Å². The average Bonchev–Trinajstić information content (AvgIpc) is 3.81. The first-order valence-corrected chi connectivity index (χ1v) is 23.1. The van der Waals surface area contributed by atoms with Gasteiger partial charge in [0.05, 0.1) is 35.6 Å². The molecule has 3 aliphatic rings. The minimum atomic E-state index is -2.24. The number of rotatable bonds is 12. The number of nitrogens with zero attached hydrogens (tertiary/aromatic N) is 6. The first-order chi connectivity index (χ1) is 27.8. The Labute approximate surface area is 342 Å². The third-order valence-corrected chi connectivity index (χ3v) is 19.4. The Morgan fingerprint density at radius 3 is 2.50 bits per heavy atom. The predicted molar refractivity (Wildman–Crippen MR) is 227 cm³/mol. The molecule has 3 fully saturated rings. The summed E-state index contributed by atoms with van der Waals surface area (Å²) in [7, 11) is -0.671. The number of methoxy groups -OCH3 is 1. The van der Waals surface area contributed by atoms with Crippen molar-refractivity contribution >= 4 is 35.7 Å². The fourth-order valence-electron chi connectivity index (χ4n) is 10.3. The lowest BCUT2D eigenvalue weighted by Gasteiger charge is -2.38. The second kappa shape index (κ2) is 17.1. The van der Waals surface area contributed by atoms with Gasteiger partial charge in [0.1, 0.15) is 44.1 Å². The van der Waals surface area contributed by atoms with Gasteiger partial charge in [0.25, 0.3) is 0 Å². The highest BCUT2D eigenvalue weighted by Crippen LogP contribution is 2.44. The molecule has 5 heterocycles. The number of nitriles is 1. The fraction of sp³-hybridized carbons (Fsp3) is 0.578. The molecule has 58 heavy (non-hydrogen) atoms. The summed E-state index contributed by atoms with van der Waals surface area (Å²) in [5.74, 6) is 4.42. The van der Waals surface area contributed by atoms with E-state index in [2.05, 4.69) is 68.9 Å². The van der Waals surface area contributed by atoms with Crippen molar-refractivity contribution in [2.75, 3.05) is 64.8 Å². The molecule has 0 radical (unpaired) electrons. The molecule has 7 rings (SSSR count). The largest absolute Gasteiger partial charge is 0.474 e. The van der Waals surface area contributed by atoms with E-state index in [1.54, 1.807) is 19.5 Å². The SMILES string of the molecule is COCOc1cc(C(C)n2cnc3c(OC[C@@]45CCCN4C[C@H](F)C5)nc(N4CCCOCC4)c(C#N)c32)c2c(C#C[Si](C(C)C)(C(C)C)C(C)C)c(F)ccc2c1. The van der Waals surface area contributed by atoms with E-state index in [-0.39, 0.29) is 19.2 Å². The van der Waals surface area contributed by atoms with Crippen LogP contribution in [0.5, 0.6) is 11.6 Å². The standard InChI is InChI=1S/C45H58F2N6O4Si/c1-29(2)58(30(3)4,31(5)6)20-13-36-39(47)12-11-33-21-35(57-28-54-8)22-37(40(33)36)32(7)53-27-49-41-42(53)38(24-48)43(51-15-10-18-55-19-17-51)50-44(41)56-26-45-14-9-16-52(45)25-34(46)23-45/h11-12,21-22,27,29-32,34H,9-10,14-19,23,25-26,28H2,1-8H3/t32?,34-,45+/m1/s1. The van der Waals surface area contributed by atoms with Crippen molar-refractivity contribution in [1.82, 2.24) is 19.4 Å². The summed E-state index contributed by atoms with van der Waals surface area (Å²) in [6, 6.07) is 9.05. The Morgan fingerprint density at radius 1 is 1.00 bits per heavy atom. The number of alkyl halides is 1. The maximum Gasteiger partial charge on any atom is 0.244 e. The van der Waals surface area contributed by atoms with Crippen LogP contribution < -0.4 is 14.4 Å². The minimum Gasteiger partial charge on any atom is -0.474 e. The molecule has 3 saturated heterocycles. The Morgan fingerprint density at radius 2 is 1.78 bits per heavy atom. The molecule has 0 N–H and O–H groups in total. The van der Waals surface area contributed by atoms with Crippen molar-refractivity contribution in [3.05, 3.63) is 53.1 Å². The van der Waals surface area contributed by atoms with Crippen LogP contribution in [0.25, 0.3) is 21.8 Å². The average molecular weight is 813 g/mol. The van der Waals surface area contributed by atoms with E-state index in [0.717, 1.165) is 36.8 Å². The molecule has 2 aromatic heterocycles. The molecule has 0 aliphatic carbocycles. The van der Waals surface area contributed by atoms with E-state index in [1.807, 2.05) is 23.6 Å². The minimum absolute atomic E-state index is 0.0302. The lowest BCUT2D eigenvalue weighted by atomic mass is 9.94. The zero-order chi connectivity index (χ0) is 41.4. The zero-order valence-electron chi connectivity index (χ0n) is 35.3. The van der Waals surface area contributed by atoms with E-state index < -0.39 is 25.8 Å². The Kier molecular flexibility index (Phi) is 12.4. The molecule has 0 spiro atoms. The van der Waals surface area contributed by atoms with Crippen LogP contribution >= 0.6 is 0 Å². The number of benzene rings is 2. The summed E-state index contributed by atoms with van der Waals surface area (Å²) in [6.45, 7) is 19.4. The smallest absolute Gasteiger partial charge is 0.244 e. The fourth-order valence-corrected chi connectivity index (χ4v) is 15.5. The molecular formula is C45H58F2N6O4Si. The highest BCUT2D eigenvalue weighted by atomic mass is 28.3. The molecule has 2 aromatic carbocycles. The monoisotopic (exact) mass is 812 g/mol. The highest BCUT2D eigenvalue weighted by Gasteiger charge is 2.49. The van der Waals surface area contributed by atoms with Crippen molar-refractivity contribution < 1.29 is 27.7 Å². The molecule has 0 bridgehead atoms. The summed E-state index contributed by atoms with van der Waals surface area (Å²) in [4.78, 5) is 14.2. The molecule has 13 heteroatoms. The van der Waals surface area contributed by atoms with Crippen molar-refractivity contribution in [3.63, 3.8) is 0 Å². The van der Waals surface area contributed by atoms with Crippen LogP contribution in [0.2, 0.25) is 16.6 Å². The summed E-state index contributed by atoms with van der Waals surface area (Å²) < 4.78 is 56.9. The van der Waals surface area contributed by atoms with Gasteiger partial charge in [0.15, 0.2) is 18.1 Å². The van der Waals surface area contributed by atoms with Gasteiger partial charge in [-0.2, -0.15) is 10.2 Å². The molecule has 0 saturated carbocycles. The van der Waals surface area contributed by atoms with Crippen molar-refractivity contribution in [3.8, 4) is 29.2 Å². The summed E-state index contributed by atoms with van der Waals surface area (Å²) in [5, 5.41) is 12.4. The predicted octanol–water partition coefficient (Wildman–Crippen LogP) is 8.94. The number of ether oxygens (including phenoxy) is 4. The van der Waals surface area contributed by atoms with Gasteiger partial charge >= 0.3 is 0 Å². The number of pyridine rings is 1. The molecule has 3 aliphatic heterocycles. The lowest BCUT2D eigenvalue weighted by molar-refractivity contribution is 0.0511. The molecule has 310 valence electrons. The number of hydrogen-bond acceptors (Lipinski definition) is 9. The number of hydrogen-bond donors (Lipinski definition) is 0. The van der Waals surface area contributed by atoms with Crippen LogP contribution in [0.1, 0.15) is 96.9 Å². The Bertz CT molecular complexity index is 2220. The Balaban J connectivity index is 1.43. The van der Waals surface area contributed by atoms with Gasteiger partial charge in [-0.1, -0.05) is 53.5 Å². The van der Waals surface area contributed by atoms with Crippen LogP contribution in [-0.4, -0.2) is 99.1 Å². The highest BCUT2D eigenvalue weighted by molar-refractivity contribution is 6.90. The molecule has 3 atom stereocenters. The topological polar surface area (TPSA) is 97.9 Å². The second-order valence-electron chi connectivity index (χ2n) is 17.3. The van der Waals surface area contributed by atoms with E-state index in [9.17, 15) is 9.65 Å². The quantitative estimate of drug-likeness (QED) is 0.0790. The van der Waals surface area contributed by atoms with Gasteiger partial charge in [0.2, 0.25) is 5.88 Å². The van der Waals surface area contributed by atoms with Crippen LogP contribution in [0.15, 0.2) is 30.6 Å². The van der Waals surface area contributed by atoms with Crippen LogP contribution in [0.3, 0.4) is 0 Å². The normalized spacial score (nSPS) is 20.8. The lowest BCUT2D eigenvalue weighted by Crippen LogP contribution is -2.43. The maximum atomic E-state index is 16.4. The van der Waals surface area contributed by atoms with Crippen LogP contribution in [0.4, 0.5) is 14.6 Å². The first-order valence-electron chi connectivity index (χ1n) is 20.9. The van der Waals surface area contributed by atoms with Crippen LogP contribution in [-0.2, 0) is 9.47 Å². The molecule has 10 nitrogen and oxygen atoms in total. The van der Waals surface area contributed by atoms with Gasteiger partial charge < -0.3 is 28.4 Å². The second-order valence-corrected chi connectivity index (χ2v) is 22.9. The van der Waals surface area contributed by atoms with E-state index in [0.29, 0.717) is 101 Å². The number of anilines is 1. The van der Waals surface area contributed by atoms with Crippen molar-refractivity contribution in [1.29, 1.82) is 5.26 Å². The molecule has 0 amide bonds. The van der Waals surface area contributed by atoms with Gasteiger partial charge in [-0.25, -0.2) is 13.8 Å². The zero-order valence-corrected chi connectivity index (χ0v) is 36.3. The van der Waals surface area contributed by atoms with Crippen molar-refractivity contribution in [2.24, 2.45) is 0 Å². The van der Waals surface area contributed by atoms with E-state index in [1.165, 1.54) is 6.07 Å². The summed E-state index contributed by atoms with van der Waals surface area (Å²) in [6.07, 6.45) is 3.83. The Hall–Kier alpha value is -4.27. The first kappa shape index (κ1) is 41.9. The molecular weight excluding hydrogens is 755 g/mol. The maximum absolute atomic E-state index is 16.4. The third-order valence-electron chi connectivity index (χ3n) is 13.1. The van der Waals surface area contributed by atoms with Gasteiger partial charge in [0, 0.05) is 45.2 Å². The van der Waals surface area contributed by atoms with Gasteiger partial charge in [-0.05, 0) is 78.5 Å². The van der Waals surface area contributed by atoms with Gasteiger partial charge in [-0.3, -0.25) is 4.90 Å². The third kappa shape index (κ3) is 7.56. The van der Waals surface area contributed by atoms with E-state index >= 15 is 4.39 Å². The van der Waals surface area contributed by atoms with Crippen LogP contribution in [0, 0.1) is 28.6 Å². The van der Waals surface area contributed by atoms with E-state index in [4.69, 9.17) is 28.9 Å². The molecule has 1 unspecified atom stereocenters. The number of aromatic nitrogens is 3. The number of imidazole rings is 1. The summed E-state index contributed by atoms with van der Waals surface area (Å²) in [5.41, 5.74) is 6.92.